The number of hydrogen-bond acceptors (Lipinski definition) is 4. The quantitative estimate of drug-likeness (QED) is 0.694. The lowest BCUT2D eigenvalue weighted by Gasteiger charge is -2.22. The first-order valence-corrected chi connectivity index (χ1v) is 10.6. The van der Waals surface area contributed by atoms with Gasteiger partial charge < -0.3 is 4.74 Å². The maximum absolute atomic E-state index is 12.2. The van der Waals surface area contributed by atoms with E-state index in [0.29, 0.717) is 18.9 Å². The highest BCUT2D eigenvalue weighted by Gasteiger charge is 2.21. The van der Waals surface area contributed by atoms with Gasteiger partial charge in [-0.25, -0.2) is 0 Å². The largest absolute Gasteiger partial charge is 0.464 e. The van der Waals surface area contributed by atoms with E-state index in [9.17, 15) is 4.79 Å². The molecule has 0 bridgehead atoms. The molecule has 1 aliphatic heterocycles. The maximum atomic E-state index is 12.2. The number of hydrogen-bond donors (Lipinski definition) is 0. The number of rotatable bonds is 6. The maximum Gasteiger partial charge on any atom is 0.310 e. The molecule has 0 amide bonds. The molecular weight excluding hydrogens is 318 g/mol. The molecule has 1 saturated heterocycles. The van der Waals surface area contributed by atoms with Gasteiger partial charge in [-0.3, -0.25) is 9.69 Å². The van der Waals surface area contributed by atoms with Crippen LogP contribution in [0.1, 0.15) is 74.1 Å². The normalized spacial score (nSPS) is 20.7. The number of nitrogens with zero attached hydrogens (tertiary/aromatic N) is 1. The van der Waals surface area contributed by atoms with Crippen molar-refractivity contribution in [1.29, 1.82) is 0 Å². The highest BCUT2D eigenvalue weighted by Crippen LogP contribution is 2.37. The van der Waals surface area contributed by atoms with Crippen LogP contribution >= 0.6 is 11.3 Å². The Bertz CT molecular complexity index is 499. The van der Waals surface area contributed by atoms with Gasteiger partial charge in [0.15, 0.2) is 0 Å². The van der Waals surface area contributed by atoms with Crippen LogP contribution in [0.5, 0.6) is 0 Å². The predicted octanol–water partition coefficient (Wildman–Crippen LogP) is 4.76. The molecule has 2 fully saturated rings. The van der Waals surface area contributed by atoms with Gasteiger partial charge in [0.05, 0.1) is 6.42 Å². The molecule has 4 heteroatoms. The van der Waals surface area contributed by atoms with E-state index in [1.807, 2.05) is 11.3 Å². The van der Waals surface area contributed by atoms with Gasteiger partial charge in [-0.2, -0.15) is 0 Å². The van der Waals surface area contributed by atoms with Gasteiger partial charge >= 0.3 is 5.97 Å². The first-order chi connectivity index (χ1) is 11.8. The van der Waals surface area contributed by atoms with Gasteiger partial charge in [-0.05, 0) is 61.7 Å². The lowest BCUT2D eigenvalue weighted by atomic mass is 9.86. The number of likely N-dealkylation sites (tertiary alicyclic amines) is 1. The second-order valence-electron chi connectivity index (χ2n) is 7.30. The monoisotopic (exact) mass is 349 g/mol. The van der Waals surface area contributed by atoms with Crippen molar-refractivity contribution in [3.63, 3.8) is 0 Å². The molecular formula is C20H31NO2S. The number of esters is 1. The molecule has 3 rings (SSSR count). The average Bonchev–Trinajstić information content (AvgIpc) is 2.90. The minimum Gasteiger partial charge on any atom is -0.464 e. The van der Waals surface area contributed by atoms with Crippen molar-refractivity contribution in [2.75, 3.05) is 26.2 Å². The van der Waals surface area contributed by atoms with E-state index < -0.39 is 0 Å². The summed E-state index contributed by atoms with van der Waals surface area (Å²) < 4.78 is 5.53. The van der Waals surface area contributed by atoms with Crippen LogP contribution < -0.4 is 0 Å². The fourth-order valence-corrected chi connectivity index (χ4v) is 5.17. The Balaban J connectivity index is 1.42. The fourth-order valence-electron chi connectivity index (χ4n) is 4.07. The minimum atomic E-state index is -0.0553. The van der Waals surface area contributed by atoms with Gasteiger partial charge in [0.1, 0.15) is 6.61 Å². The van der Waals surface area contributed by atoms with Crippen molar-refractivity contribution in [3.8, 4) is 0 Å². The summed E-state index contributed by atoms with van der Waals surface area (Å²) in [6.45, 7) is 3.76. The molecule has 1 aliphatic carbocycles. The second-order valence-corrected chi connectivity index (χ2v) is 8.25. The molecule has 3 nitrogen and oxygen atoms in total. The Kier molecular flexibility index (Phi) is 7.15. The fraction of sp³-hybridized carbons (Fsp3) is 0.750. The van der Waals surface area contributed by atoms with Gasteiger partial charge in [0.2, 0.25) is 0 Å². The molecule has 1 aromatic heterocycles. The third-order valence-corrected chi connectivity index (χ3v) is 6.58. The standard InChI is InChI=1S/C20H31NO2S/c22-19(23-14-13-21-11-6-1-2-7-12-21)16-18-10-15-24-20(18)17-8-4-3-5-9-17/h10,15,17H,1-9,11-14,16H2. The van der Waals surface area contributed by atoms with Crippen LogP contribution in [0, 0.1) is 0 Å². The topological polar surface area (TPSA) is 29.5 Å². The van der Waals surface area contributed by atoms with Crippen molar-refractivity contribution in [2.24, 2.45) is 0 Å². The molecule has 2 aliphatic rings. The van der Waals surface area contributed by atoms with E-state index in [2.05, 4.69) is 16.3 Å². The highest BCUT2D eigenvalue weighted by atomic mass is 32.1. The van der Waals surface area contributed by atoms with Crippen molar-refractivity contribution >= 4 is 17.3 Å². The van der Waals surface area contributed by atoms with Crippen molar-refractivity contribution in [2.45, 2.75) is 70.1 Å². The lowest BCUT2D eigenvalue weighted by molar-refractivity contribution is -0.143. The Morgan fingerprint density at radius 3 is 2.54 bits per heavy atom. The van der Waals surface area contributed by atoms with Crippen molar-refractivity contribution < 1.29 is 9.53 Å². The highest BCUT2D eigenvalue weighted by molar-refractivity contribution is 7.10. The van der Waals surface area contributed by atoms with Gasteiger partial charge in [0.25, 0.3) is 0 Å². The smallest absolute Gasteiger partial charge is 0.310 e. The third kappa shape index (κ3) is 5.32. The van der Waals surface area contributed by atoms with Crippen LogP contribution in [0.2, 0.25) is 0 Å². The van der Waals surface area contributed by atoms with E-state index in [1.165, 1.54) is 68.2 Å². The summed E-state index contributed by atoms with van der Waals surface area (Å²) in [6, 6.07) is 2.13. The molecule has 1 saturated carbocycles. The summed E-state index contributed by atoms with van der Waals surface area (Å²) in [7, 11) is 0. The molecule has 24 heavy (non-hydrogen) atoms. The van der Waals surface area contributed by atoms with Crippen LogP contribution in [0.15, 0.2) is 11.4 Å². The summed E-state index contributed by atoms with van der Waals surface area (Å²) in [5.74, 6) is 0.624. The number of carbonyl (C=O) groups is 1. The Hall–Kier alpha value is -0.870. The molecule has 0 atom stereocenters. The van der Waals surface area contributed by atoms with Crippen LogP contribution in [0.3, 0.4) is 0 Å². The first-order valence-electron chi connectivity index (χ1n) is 9.77. The van der Waals surface area contributed by atoms with E-state index in [-0.39, 0.29) is 5.97 Å². The van der Waals surface area contributed by atoms with E-state index in [0.717, 1.165) is 19.6 Å². The molecule has 1 aromatic rings. The van der Waals surface area contributed by atoms with Crippen molar-refractivity contribution in [1.82, 2.24) is 4.90 Å². The molecule has 0 aromatic carbocycles. The van der Waals surface area contributed by atoms with E-state index in [4.69, 9.17) is 4.74 Å². The predicted molar refractivity (Wildman–Crippen MR) is 99.7 cm³/mol. The van der Waals surface area contributed by atoms with Gasteiger partial charge in [-0.15, -0.1) is 11.3 Å². The van der Waals surface area contributed by atoms with E-state index >= 15 is 0 Å². The van der Waals surface area contributed by atoms with Gasteiger partial charge in [0, 0.05) is 11.4 Å². The molecule has 0 radical (unpaired) electrons. The average molecular weight is 350 g/mol. The Morgan fingerprint density at radius 1 is 1.08 bits per heavy atom. The zero-order chi connectivity index (χ0) is 16.6. The van der Waals surface area contributed by atoms with Crippen LogP contribution in [-0.2, 0) is 16.0 Å². The van der Waals surface area contributed by atoms with Crippen LogP contribution in [0.25, 0.3) is 0 Å². The minimum absolute atomic E-state index is 0.0553. The van der Waals surface area contributed by atoms with E-state index in [1.54, 1.807) is 0 Å². The molecule has 2 heterocycles. The summed E-state index contributed by atoms with van der Waals surface area (Å²) in [5.41, 5.74) is 1.21. The Labute approximate surface area is 150 Å². The third-order valence-electron chi connectivity index (χ3n) is 5.46. The Morgan fingerprint density at radius 2 is 1.79 bits per heavy atom. The summed E-state index contributed by atoms with van der Waals surface area (Å²) in [5, 5.41) is 2.14. The number of ether oxygens (including phenoxy) is 1. The SMILES string of the molecule is O=C(Cc1ccsc1C1CCCCC1)OCCN1CCCCCC1. The zero-order valence-corrected chi connectivity index (χ0v) is 15.6. The lowest BCUT2D eigenvalue weighted by Crippen LogP contribution is -2.29. The summed E-state index contributed by atoms with van der Waals surface area (Å²) >= 11 is 1.83. The van der Waals surface area contributed by atoms with Crippen LogP contribution in [-0.4, -0.2) is 37.1 Å². The number of carbonyl (C=O) groups excluding carboxylic acids is 1. The second kappa shape index (κ2) is 9.57. The molecule has 0 spiro atoms. The molecule has 134 valence electrons. The first kappa shape index (κ1) is 17.9. The molecule has 0 N–H and O–H groups in total. The zero-order valence-electron chi connectivity index (χ0n) is 14.8. The summed E-state index contributed by atoms with van der Waals surface area (Å²) in [6.07, 6.45) is 12.3. The summed E-state index contributed by atoms with van der Waals surface area (Å²) in [4.78, 5) is 16.1. The van der Waals surface area contributed by atoms with Crippen LogP contribution in [0.4, 0.5) is 0 Å². The number of thiophene rings is 1. The molecule has 0 unspecified atom stereocenters. The van der Waals surface area contributed by atoms with Gasteiger partial charge in [-0.1, -0.05) is 32.1 Å². The van der Waals surface area contributed by atoms with Crippen molar-refractivity contribution in [3.05, 3.63) is 21.9 Å².